The number of carbonyl (C=O) groups is 1. The van der Waals surface area contributed by atoms with Crippen LogP contribution in [0.5, 0.6) is 0 Å². The summed E-state index contributed by atoms with van der Waals surface area (Å²) in [5, 5.41) is 2.03. The first-order valence-corrected chi connectivity index (χ1v) is 10.1. The molecule has 2 fully saturated rings. The summed E-state index contributed by atoms with van der Waals surface area (Å²) in [5.41, 5.74) is 0. The first-order chi connectivity index (χ1) is 10.8. The Labute approximate surface area is 140 Å². The average Bonchev–Trinajstić information content (AvgIpc) is 3.04. The van der Waals surface area contributed by atoms with E-state index in [9.17, 15) is 4.79 Å². The molecule has 0 aliphatic carbocycles. The Morgan fingerprint density at radius 2 is 2.18 bits per heavy atom. The van der Waals surface area contributed by atoms with Crippen LogP contribution in [0.3, 0.4) is 0 Å². The van der Waals surface area contributed by atoms with Crippen molar-refractivity contribution in [1.29, 1.82) is 0 Å². The molecule has 1 amide bonds. The van der Waals surface area contributed by atoms with E-state index in [4.69, 9.17) is 4.74 Å². The molecule has 0 aromatic carbocycles. The average molecular weight is 341 g/mol. The normalized spacial score (nSPS) is 23.7. The lowest BCUT2D eigenvalue weighted by Crippen LogP contribution is -2.51. The van der Waals surface area contributed by atoms with Gasteiger partial charge in [0.1, 0.15) is 4.88 Å². The fourth-order valence-corrected chi connectivity index (χ4v) is 4.98. The zero-order valence-electron chi connectivity index (χ0n) is 13.1. The summed E-state index contributed by atoms with van der Waals surface area (Å²) >= 11 is 3.25. The summed E-state index contributed by atoms with van der Waals surface area (Å²) in [6.45, 7) is 5.53. The van der Waals surface area contributed by atoms with E-state index in [1.165, 1.54) is 6.42 Å². The molecule has 1 aromatic heterocycles. The van der Waals surface area contributed by atoms with Crippen molar-refractivity contribution in [3.63, 3.8) is 0 Å². The van der Waals surface area contributed by atoms with Crippen molar-refractivity contribution in [1.82, 2.24) is 9.80 Å². The van der Waals surface area contributed by atoms with Crippen LogP contribution in [-0.4, -0.2) is 67.4 Å². The van der Waals surface area contributed by atoms with Gasteiger partial charge >= 0.3 is 0 Å². The second-order valence-corrected chi connectivity index (χ2v) is 7.64. The van der Waals surface area contributed by atoms with Crippen LogP contribution in [0, 0.1) is 0 Å². The minimum absolute atomic E-state index is 0.234. The second kappa shape index (κ2) is 7.81. The number of rotatable bonds is 4. The molecule has 0 N–H and O–H groups in total. The largest absolute Gasteiger partial charge is 0.379 e. The number of likely N-dealkylation sites (tertiary alicyclic amines) is 1. The van der Waals surface area contributed by atoms with Gasteiger partial charge in [-0.1, -0.05) is 0 Å². The van der Waals surface area contributed by atoms with Gasteiger partial charge in [-0.15, -0.1) is 23.1 Å². The number of thiophene rings is 1. The van der Waals surface area contributed by atoms with E-state index in [0.29, 0.717) is 6.04 Å². The van der Waals surface area contributed by atoms with Gasteiger partial charge in [0.25, 0.3) is 5.91 Å². The molecule has 0 spiro atoms. The number of carbonyl (C=O) groups excluding carboxylic acids is 1. The second-order valence-electron chi connectivity index (χ2n) is 5.88. The summed E-state index contributed by atoms with van der Waals surface area (Å²) in [6.07, 6.45) is 5.53. The van der Waals surface area contributed by atoms with E-state index >= 15 is 0 Å². The summed E-state index contributed by atoms with van der Waals surface area (Å²) < 4.78 is 5.43. The molecule has 6 heteroatoms. The predicted octanol–water partition coefficient (Wildman–Crippen LogP) is 2.80. The maximum Gasteiger partial charge on any atom is 0.265 e. The van der Waals surface area contributed by atoms with E-state index in [-0.39, 0.29) is 5.91 Å². The van der Waals surface area contributed by atoms with Crippen molar-refractivity contribution in [3.05, 3.63) is 16.3 Å². The first-order valence-electron chi connectivity index (χ1n) is 8.02. The zero-order valence-corrected chi connectivity index (χ0v) is 14.8. The van der Waals surface area contributed by atoms with Crippen LogP contribution in [0.1, 0.15) is 28.9 Å². The number of hydrogen-bond donors (Lipinski definition) is 0. The lowest BCUT2D eigenvalue weighted by Gasteiger charge is -2.39. The molecule has 2 aliphatic heterocycles. The van der Waals surface area contributed by atoms with Gasteiger partial charge in [-0.05, 0) is 37.0 Å². The molecule has 122 valence electrons. The Kier molecular flexibility index (Phi) is 5.79. The molecule has 0 radical (unpaired) electrons. The molecule has 0 unspecified atom stereocenters. The maximum atomic E-state index is 13.0. The van der Waals surface area contributed by atoms with Gasteiger partial charge in [-0.25, -0.2) is 0 Å². The van der Waals surface area contributed by atoms with Crippen molar-refractivity contribution in [2.45, 2.75) is 30.2 Å². The monoisotopic (exact) mass is 340 g/mol. The third kappa shape index (κ3) is 3.67. The van der Waals surface area contributed by atoms with Crippen LogP contribution in [-0.2, 0) is 4.74 Å². The van der Waals surface area contributed by atoms with Crippen LogP contribution < -0.4 is 0 Å². The molecule has 1 atom stereocenters. The Hall–Kier alpha value is -0.560. The van der Waals surface area contributed by atoms with Crippen LogP contribution >= 0.6 is 23.1 Å². The molecule has 3 heterocycles. The van der Waals surface area contributed by atoms with E-state index < -0.39 is 0 Å². The number of morpholine rings is 1. The standard InChI is InChI=1S/C16H24N2O2S2/c1-21-14-5-11-22-15(14)16(19)18-6-3-2-4-13(18)12-17-7-9-20-10-8-17/h5,11,13H,2-4,6-10,12H2,1H3/t13-/m1/s1. The number of amides is 1. The van der Waals surface area contributed by atoms with Gasteiger partial charge in [-0.2, -0.15) is 0 Å². The van der Waals surface area contributed by atoms with E-state index in [1.54, 1.807) is 23.1 Å². The molecule has 0 saturated carbocycles. The van der Waals surface area contributed by atoms with Crippen molar-refractivity contribution >= 4 is 29.0 Å². The van der Waals surface area contributed by atoms with Crippen LogP contribution in [0.15, 0.2) is 16.3 Å². The first kappa shape index (κ1) is 16.3. The minimum atomic E-state index is 0.234. The highest BCUT2D eigenvalue weighted by atomic mass is 32.2. The van der Waals surface area contributed by atoms with Crippen LogP contribution in [0.2, 0.25) is 0 Å². The van der Waals surface area contributed by atoms with Gasteiger partial charge in [0.15, 0.2) is 0 Å². The molecule has 22 heavy (non-hydrogen) atoms. The number of piperidine rings is 1. The van der Waals surface area contributed by atoms with E-state index in [1.807, 2.05) is 11.6 Å². The van der Waals surface area contributed by atoms with Crippen molar-refractivity contribution in [3.8, 4) is 0 Å². The minimum Gasteiger partial charge on any atom is -0.379 e. The van der Waals surface area contributed by atoms with Crippen LogP contribution in [0.25, 0.3) is 0 Å². The van der Waals surface area contributed by atoms with Gasteiger partial charge < -0.3 is 9.64 Å². The third-order valence-corrected chi connectivity index (χ3v) is 6.32. The van der Waals surface area contributed by atoms with E-state index in [0.717, 1.165) is 62.0 Å². The zero-order chi connectivity index (χ0) is 15.4. The van der Waals surface area contributed by atoms with E-state index in [2.05, 4.69) is 15.9 Å². The highest BCUT2D eigenvalue weighted by molar-refractivity contribution is 7.98. The fraction of sp³-hybridized carbons (Fsp3) is 0.688. The lowest BCUT2D eigenvalue weighted by atomic mass is 10.0. The van der Waals surface area contributed by atoms with Crippen molar-refractivity contribution in [2.75, 3.05) is 45.6 Å². The Morgan fingerprint density at radius 1 is 1.36 bits per heavy atom. The molecule has 1 aromatic rings. The lowest BCUT2D eigenvalue weighted by molar-refractivity contribution is 0.0166. The Bertz CT molecular complexity index is 500. The molecule has 2 saturated heterocycles. The smallest absolute Gasteiger partial charge is 0.265 e. The quantitative estimate of drug-likeness (QED) is 0.789. The number of thioether (sulfide) groups is 1. The Morgan fingerprint density at radius 3 is 2.95 bits per heavy atom. The molecule has 3 rings (SSSR count). The van der Waals surface area contributed by atoms with Crippen molar-refractivity contribution in [2.24, 2.45) is 0 Å². The van der Waals surface area contributed by atoms with Gasteiger partial charge in [0, 0.05) is 37.1 Å². The van der Waals surface area contributed by atoms with Gasteiger partial charge in [-0.3, -0.25) is 9.69 Å². The van der Waals surface area contributed by atoms with Crippen LogP contribution in [0.4, 0.5) is 0 Å². The molecule has 2 aliphatic rings. The molecule has 0 bridgehead atoms. The number of hydrogen-bond acceptors (Lipinski definition) is 5. The van der Waals surface area contributed by atoms with Gasteiger partial charge in [0.2, 0.25) is 0 Å². The predicted molar refractivity (Wildman–Crippen MR) is 92.0 cm³/mol. The summed E-state index contributed by atoms with van der Waals surface area (Å²) in [7, 11) is 0. The maximum absolute atomic E-state index is 13.0. The third-order valence-electron chi connectivity index (χ3n) is 4.50. The summed E-state index contributed by atoms with van der Waals surface area (Å²) in [6, 6.07) is 2.42. The highest BCUT2D eigenvalue weighted by Crippen LogP contribution is 2.29. The van der Waals surface area contributed by atoms with Crippen molar-refractivity contribution < 1.29 is 9.53 Å². The molecular weight excluding hydrogens is 316 g/mol. The topological polar surface area (TPSA) is 32.8 Å². The van der Waals surface area contributed by atoms with Gasteiger partial charge in [0.05, 0.1) is 13.2 Å². The number of nitrogens with zero attached hydrogens (tertiary/aromatic N) is 2. The fourth-order valence-electron chi connectivity index (χ4n) is 3.28. The summed E-state index contributed by atoms with van der Waals surface area (Å²) in [4.78, 5) is 19.6. The SMILES string of the molecule is CSc1ccsc1C(=O)N1CCCC[C@@H]1CN1CCOCC1. The Balaban J connectivity index is 1.70. The summed E-state index contributed by atoms with van der Waals surface area (Å²) in [5.74, 6) is 0.234. The molecular formula is C16H24N2O2S2. The number of ether oxygens (including phenoxy) is 1. The highest BCUT2D eigenvalue weighted by Gasteiger charge is 2.30. The molecule has 4 nitrogen and oxygen atoms in total.